The Kier molecular flexibility index (Phi) is 14.4. The normalized spacial score (nSPS) is 14.8. The Morgan fingerprint density at radius 1 is 0.791 bits per heavy atom. The van der Waals surface area contributed by atoms with Gasteiger partial charge in [-0.3, -0.25) is 6.08 Å². The summed E-state index contributed by atoms with van der Waals surface area (Å²) in [6.45, 7) is 25.2. The van der Waals surface area contributed by atoms with Crippen molar-refractivity contribution in [2.75, 3.05) is 0 Å². The summed E-state index contributed by atoms with van der Waals surface area (Å²) in [6, 6.07) is 22.6. The van der Waals surface area contributed by atoms with Gasteiger partial charge < -0.3 is 24.8 Å². The van der Waals surface area contributed by atoms with Gasteiger partial charge in [0, 0.05) is 0 Å². The van der Waals surface area contributed by atoms with Gasteiger partial charge in [-0.25, -0.2) is 10.8 Å². The van der Waals surface area contributed by atoms with Crippen molar-refractivity contribution in [1.29, 1.82) is 0 Å². The van der Waals surface area contributed by atoms with Crippen LogP contribution in [-0.2, 0) is 35.1 Å². The van der Waals surface area contributed by atoms with Gasteiger partial charge in [0.05, 0.1) is 0 Å². The molecular formula is C38H47Cl2FSiZr-2. The zero-order valence-electron chi connectivity index (χ0n) is 27.7. The second kappa shape index (κ2) is 15.7. The van der Waals surface area contributed by atoms with E-state index in [2.05, 4.69) is 130 Å². The zero-order chi connectivity index (χ0) is 30.8. The molecule has 0 aromatic heterocycles. The van der Waals surface area contributed by atoms with Crippen LogP contribution in [0.5, 0.6) is 0 Å². The van der Waals surface area contributed by atoms with Gasteiger partial charge in [0.15, 0.2) is 0 Å². The fourth-order valence-corrected chi connectivity index (χ4v) is 7.56. The van der Waals surface area contributed by atoms with Gasteiger partial charge in [-0.05, 0) is 18.9 Å². The molecule has 1 aliphatic rings. The molecule has 5 heteroatoms. The number of benzene rings is 3. The van der Waals surface area contributed by atoms with E-state index in [0.29, 0.717) is 5.92 Å². The van der Waals surface area contributed by atoms with E-state index in [9.17, 15) is 4.39 Å². The van der Waals surface area contributed by atoms with Crippen molar-refractivity contribution in [3.05, 3.63) is 112 Å². The van der Waals surface area contributed by atoms with Crippen molar-refractivity contribution in [2.45, 2.75) is 85.9 Å². The van der Waals surface area contributed by atoms with Gasteiger partial charge in [0.1, 0.15) is 0 Å². The van der Waals surface area contributed by atoms with Crippen molar-refractivity contribution in [3.8, 4) is 0 Å². The molecule has 5 rings (SSSR count). The smallest absolute Gasteiger partial charge is 1.00 e. The van der Waals surface area contributed by atoms with Crippen LogP contribution in [0.4, 0.5) is 4.39 Å². The monoisotopic (exact) mass is 710 g/mol. The molecule has 0 amide bonds. The molecular weight excluding hydrogens is 666 g/mol. The third-order valence-electron chi connectivity index (χ3n) is 7.55. The predicted octanol–water partition coefficient (Wildman–Crippen LogP) is 5.03. The molecule has 0 aliphatic heterocycles. The Bertz CT molecular complexity index is 1510. The molecule has 4 aromatic rings. The van der Waals surface area contributed by atoms with Crippen LogP contribution in [0.25, 0.3) is 21.5 Å². The fraction of sp³-hybridized carbons (Fsp3) is 0.368. The Hall–Kier alpha value is -1.51. The molecule has 0 saturated carbocycles. The van der Waals surface area contributed by atoms with Crippen molar-refractivity contribution < 1.29 is 53.4 Å². The van der Waals surface area contributed by atoms with Crippen molar-refractivity contribution in [1.82, 2.24) is 0 Å². The van der Waals surface area contributed by atoms with Crippen molar-refractivity contribution >= 4 is 33.3 Å². The molecule has 1 aliphatic carbocycles. The first-order valence-corrected chi connectivity index (χ1v) is 19.5. The molecule has 0 spiro atoms. The second-order valence-corrected chi connectivity index (χ2v) is 20.1. The number of hydrogen-bond donors (Lipinski definition) is 0. The van der Waals surface area contributed by atoms with Crippen LogP contribution in [0.2, 0.25) is 19.6 Å². The van der Waals surface area contributed by atoms with Crippen LogP contribution in [0.3, 0.4) is 0 Å². The first-order chi connectivity index (χ1) is 18.9. The minimum atomic E-state index is -1.07. The Balaban J connectivity index is 0.000000356. The summed E-state index contributed by atoms with van der Waals surface area (Å²) in [5.74, 6) is 0.383. The molecule has 43 heavy (non-hydrogen) atoms. The third-order valence-corrected chi connectivity index (χ3v) is 10.5. The molecule has 1 unspecified atom stereocenters. The molecule has 0 N–H and O–H groups in total. The Labute approximate surface area is 288 Å². The van der Waals surface area contributed by atoms with E-state index >= 15 is 0 Å². The maximum Gasteiger partial charge on any atom is -1.00 e. The summed E-state index contributed by atoms with van der Waals surface area (Å²) < 4.78 is 14.2. The summed E-state index contributed by atoms with van der Waals surface area (Å²) in [7, 11) is -1.07. The number of halogens is 3. The first kappa shape index (κ1) is 39.5. The van der Waals surface area contributed by atoms with E-state index in [0.717, 1.165) is 5.56 Å². The van der Waals surface area contributed by atoms with Gasteiger partial charge in [0.2, 0.25) is 0 Å². The topological polar surface area (TPSA) is 0 Å². The van der Waals surface area contributed by atoms with Crippen LogP contribution in [0.1, 0.15) is 72.1 Å². The van der Waals surface area contributed by atoms with E-state index < -0.39 is 8.07 Å². The summed E-state index contributed by atoms with van der Waals surface area (Å²) in [5, 5.41) is 7.09. The minimum Gasteiger partial charge on any atom is -1.00 e. The largest absolute Gasteiger partial charge is 1.00 e. The van der Waals surface area contributed by atoms with Crippen LogP contribution in [-0.4, -0.2) is 11.8 Å². The Morgan fingerprint density at radius 3 is 1.53 bits per heavy atom. The van der Waals surface area contributed by atoms with Crippen molar-refractivity contribution in [3.63, 3.8) is 0 Å². The number of fused-ring (bicyclic) bond motifs is 3. The third kappa shape index (κ3) is 10.8. The van der Waals surface area contributed by atoms with Crippen molar-refractivity contribution in [2.24, 2.45) is 5.92 Å². The summed E-state index contributed by atoms with van der Waals surface area (Å²) in [6.07, 6.45) is 5.81. The van der Waals surface area contributed by atoms with Crippen LogP contribution < -0.4 is 24.8 Å². The fourth-order valence-electron chi connectivity index (χ4n) is 5.14. The van der Waals surface area contributed by atoms with Gasteiger partial charge in [-0.1, -0.05) is 116 Å². The average molecular weight is 713 g/mol. The average Bonchev–Trinajstić information content (AvgIpc) is 3.42. The second-order valence-electron chi connectivity index (χ2n) is 14.3. The minimum absolute atomic E-state index is 0. The van der Waals surface area contributed by atoms with E-state index in [1.807, 2.05) is 3.71 Å². The van der Waals surface area contributed by atoms with Gasteiger partial charge in [-0.15, -0.1) is 39.7 Å². The number of hydrogen-bond acceptors (Lipinski definition) is 0. The van der Waals surface area contributed by atoms with E-state index in [1.54, 1.807) is 17.3 Å². The standard InChI is InChI=1S/C21H25.C10H17Si.C7H5F.2ClH.Zr/c1-20(2,3)16-9-7-14-11-15-8-10-17(21(4,5)6)13-19(15)18(14)12-16;1-8-6-9(2)10(7-8)11(3,4)5;1-6-2-4-7(8)5-3-6;;;/h7-13H,1-6H3;7-8H,1-5H3;1-5H;2*1H;/q2*-1;;;;+2/p-2. The maximum absolute atomic E-state index is 12.2. The van der Waals surface area contributed by atoms with E-state index in [4.69, 9.17) is 0 Å². The van der Waals surface area contributed by atoms with Gasteiger partial charge in [-0.2, -0.15) is 6.08 Å². The van der Waals surface area contributed by atoms with Gasteiger partial charge >= 0.3 is 68.0 Å². The molecule has 1 atom stereocenters. The molecule has 0 heterocycles. The molecule has 0 nitrogen and oxygen atoms in total. The van der Waals surface area contributed by atoms with E-state index in [1.165, 1.54) is 74.6 Å². The molecule has 0 radical (unpaired) electrons. The quantitative estimate of drug-likeness (QED) is 0.202. The Morgan fingerprint density at radius 2 is 1.23 bits per heavy atom. The number of allylic oxidation sites excluding steroid dienone is 4. The first-order valence-electron chi connectivity index (χ1n) is 14.6. The summed E-state index contributed by atoms with van der Waals surface area (Å²) in [4.78, 5) is 0. The van der Waals surface area contributed by atoms with E-state index in [-0.39, 0.29) is 41.5 Å². The molecule has 0 bridgehead atoms. The maximum atomic E-state index is 12.2. The predicted molar refractivity (Wildman–Crippen MR) is 179 cm³/mol. The summed E-state index contributed by atoms with van der Waals surface area (Å²) in [5.41, 5.74) is 5.69. The van der Waals surface area contributed by atoms with Gasteiger partial charge in [0.25, 0.3) is 0 Å². The zero-order valence-corrected chi connectivity index (χ0v) is 32.7. The molecule has 4 aromatic carbocycles. The molecule has 230 valence electrons. The van der Waals surface area contributed by atoms with Crippen LogP contribution >= 0.6 is 0 Å². The van der Waals surface area contributed by atoms with Crippen LogP contribution in [0.15, 0.2) is 83.6 Å². The van der Waals surface area contributed by atoms with Crippen LogP contribution in [0, 0.1) is 17.8 Å². The number of rotatable bonds is 2. The summed E-state index contributed by atoms with van der Waals surface area (Å²) >= 11 is 1.34. The molecule has 0 fully saturated rings. The SMILES string of the molecule is CC(C)(C)c1ccc2[cH-]c3ccc(C(C)(C)C)cc3c2c1.CC1=[C-]C(C)C=C1[Si](C)(C)C.Fc1ccc([CH]=[Zr+2])cc1.[Cl-].[Cl-]. The molecule has 0 saturated heterocycles.